The summed E-state index contributed by atoms with van der Waals surface area (Å²) in [6, 6.07) is 5.94. The second-order valence-corrected chi connectivity index (χ2v) is 9.92. The van der Waals surface area contributed by atoms with Crippen molar-refractivity contribution < 1.29 is 22.8 Å². The molecule has 198 valence electrons. The van der Waals surface area contributed by atoms with Crippen LogP contribution in [0.15, 0.2) is 41.6 Å². The first-order chi connectivity index (χ1) is 18.2. The quantitative estimate of drug-likeness (QED) is 0.382. The van der Waals surface area contributed by atoms with Crippen LogP contribution in [-0.2, 0) is 17.5 Å². The molecule has 14 heteroatoms. The van der Waals surface area contributed by atoms with E-state index < -0.39 is 23.0 Å². The monoisotopic (exact) mass is 544 g/mol. The van der Waals surface area contributed by atoms with Gasteiger partial charge in [0.25, 0.3) is 11.1 Å². The van der Waals surface area contributed by atoms with E-state index in [0.29, 0.717) is 35.4 Å². The summed E-state index contributed by atoms with van der Waals surface area (Å²) in [5, 5.41) is 11.6. The molecular formula is C24H23F3N8O2S. The number of thioether (sulfide) groups is 1. The van der Waals surface area contributed by atoms with Crippen LogP contribution >= 0.6 is 11.8 Å². The number of anilines is 1. The van der Waals surface area contributed by atoms with E-state index in [1.807, 2.05) is 0 Å². The Labute approximate surface area is 219 Å². The molecule has 0 spiro atoms. The zero-order chi connectivity index (χ0) is 26.7. The molecule has 0 atom stereocenters. The van der Waals surface area contributed by atoms with Crippen LogP contribution in [0.1, 0.15) is 29.8 Å². The van der Waals surface area contributed by atoms with Crippen molar-refractivity contribution >= 4 is 34.9 Å². The lowest BCUT2D eigenvalue weighted by atomic mass is 9.97. The highest BCUT2D eigenvalue weighted by atomic mass is 32.2. The summed E-state index contributed by atoms with van der Waals surface area (Å²) in [6.07, 6.45) is 1.81. The van der Waals surface area contributed by atoms with E-state index in [-0.39, 0.29) is 17.1 Å². The molecule has 0 bridgehead atoms. The second-order valence-electron chi connectivity index (χ2n) is 8.91. The molecule has 10 nitrogen and oxygen atoms in total. The minimum Gasteiger partial charge on any atom is -0.341 e. The van der Waals surface area contributed by atoms with Crippen molar-refractivity contribution in [3.8, 4) is 11.4 Å². The van der Waals surface area contributed by atoms with Gasteiger partial charge in [-0.3, -0.25) is 20.0 Å². The van der Waals surface area contributed by atoms with Gasteiger partial charge in [0.1, 0.15) is 5.69 Å². The third-order valence-electron chi connectivity index (χ3n) is 6.20. The van der Waals surface area contributed by atoms with Crippen molar-refractivity contribution in [1.29, 1.82) is 0 Å². The molecule has 3 aromatic heterocycles. The second kappa shape index (κ2) is 10.9. The highest BCUT2D eigenvalue weighted by Gasteiger charge is 2.33. The summed E-state index contributed by atoms with van der Waals surface area (Å²) >= 11 is 0.835. The van der Waals surface area contributed by atoms with Crippen molar-refractivity contribution in [3.63, 3.8) is 0 Å². The summed E-state index contributed by atoms with van der Waals surface area (Å²) in [5.41, 5.74) is 0.706. The number of amides is 2. The number of hydrogen-bond donors (Lipinski definition) is 3. The van der Waals surface area contributed by atoms with E-state index in [0.717, 1.165) is 43.8 Å². The van der Waals surface area contributed by atoms with Gasteiger partial charge in [-0.15, -0.1) is 0 Å². The van der Waals surface area contributed by atoms with Crippen molar-refractivity contribution in [2.45, 2.75) is 25.6 Å². The largest absolute Gasteiger partial charge is 0.433 e. The molecule has 2 fully saturated rings. The van der Waals surface area contributed by atoms with Crippen molar-refractivity contribution in [2.24, 2.45) is 5.92 Å². The van der Waals surface area contributed by atoms with Gasteiger partial charge >= 0.3 is 6.18 Å². The first-order valence-corrected chi connectivity index (χ1v) is 12.7. The molecule has 5 heterocycles. The van der Waals surface area contributed by atoms with Gasteiger partial charge in [-0.2, -0.15) is 18.3 Å². The fourth-order valence-corrected chi connectivity index (χ4v) is 4.95. The van der Waals surface area contributed by atoms with E-state index in [4.69, 9.17) is 0 Å². The van der Waals surface area contributed by atoms with Crippen LogP contribution in [0.3, 0.4) is 0 Å². The SMILES string of the molecule is O=C1NC(=O)C(=Cc2ccnc(N3CCC(CNCc4cc(-c5ccn[nH]5)nc(C(F)(F)F)c4)CC3)n2)S1. The van der Waals surface area contributed by atoms with Gasteiger partial charge < -0.3 is 10.2 Å². The van der Waals surface area contributed by atoms with Gasteiger partial charge in [-0.05, 0) is 73.0 Å². The molecule has 0 aromatic carbocycles. The number of hydrogen-bond acceptors (Lipinski definition) is 9. The molecule has 3 aromatic rings. The summed E-state index contributed by atoms with van der Waals surface area (Å²) in [5.74, 6) is 0.452. The van der Waals surface area contributed by atoms with Crippen LogP contribution in [0, 0.1) is 5.92 Å². The number of piperidine rings is 1. The van der Waals surface area contributed by atoms with E-state index in [9.17, 15) is 22.8 Å². The summed E-state index contributed by atoms with van der Waals surface area (Å²) in [4.78, 5) is 38.1. The van der Waals surface area contributed by atoms with E-state index in [2.05, 4.69) is 40.7 Å². The molecule has 2 aliphatic heterocycles. The predicted octanol–water partition coefficient (Wildman–Crippen LogP) is 3.61. The molecule has 0 saturated carbocycles. The lowest BCUT2D eigenvalue weighted by Gasteiger charge is -2.32. The topological polar surface area (TPSA) is 129 Å². The lowest BCUT2D eigenvalue weighted by Crippen LogP contribution is -2.38. The fourth-order valence-electron chi connectivity index (χ4n) is 4.28. The van der Waals surface area contributed by atoms with Crippen molar-refractivity contribution in [1.82, 2.24) is 35.8 Å². The first-order valence-electron chi connectivity index (χ1n) is 11.9. The number of imide groups is 1. The minimum absolute atomic E-state index is 0.194. The molecule has 0 unspecified atom stereocenters. The van der Waals surface area contributed by atoms with Crippen LogP contribution in [0.2, 0.25) is 0 Å². The molecule has 0 radical (unpaired) electrons. The highest BCUT2D eigenvalue weighted by Crippen LogP contribution is 2.30. The van der Waals surface area contributed by atoms with Gasteiger partial charge in [0.15, 0.2) is 0 Å². The number of rotatable bonds is 7. The number of aromatic amines is 1. The van der Waals surface area contributed by atoms with Gasteiger partial charge in [0.05, 0.1) is 22.0 Å². The highest BCUT2D eigenvalue weighted by molar-refractivity contribution is 8.18. The molecule has 38 heavy (non-hydrogen) atoms. The summed E-state index contributed by atoms with van der Waals surface area (Å²) in [6.45, 7) is 2.38. The molecular weight excluding hydrogens is 521 g/mol. The maximum Gasteiger partial charge on any atom is 0.433 e. The van der Waals surface area contributed by atoms with Crippen LogP contribution in [0.25, 0.3) is 17.5 Å². The van der Waals surface area contributed by atoms with E-state index in [1.165, 1.54) is 6.20 Å². The smallest absolute Gasteiger partial charge is 0.341 e. The van der Waals surface area contributed by atoms with Gasteiger partial charge in [0, 0.05) is 32.0 Å². The Morgan fingerprint density at radius 1 is 1.13 bits per heavy atom. The maximum atomic E-state index is 13.4. The Morgan fingerprint density at radius 2 is 1.95 bits per heavy atom. The Bertz CT molecular complexity index is 1350. The molecule has 0 aliphatic carbocycles. The Morgan fingerprint density at radius 3 is 2.63 bits per heavy atom. The first kappa shape index (κ1) is 25.9. The van der Waals surface area contributed by atoms with Crippen molar-refractivity contribution in [2.75, 3.05) is 24.5 Å². The maximum absolute atomic E-state index is 13.4. The van der Waals surface area contributed by atoms with Crippen LogP contribution in [0.4, 0.5) is 23.9 Å². The number of nitrogens with zero attached hydrogens (tertiary/aromatic N) is 5. The standard InChI is InChI=1S/C24H23F3N8O2S/c25-24(26,27)20-10-15(9-18(32-20)17-2-6-30-34-17)13-28-12-14-3-7-35(8-4-14)22-29-5-1-16(31-22)11-19-21(36)33-23(37)38-19/h1-2,5-6,9-11,14,28H,3-4,7-8,12-13H2,(H,30,34)(H,33,36,37). The van der Waals surface area contributed by atoms with Gasteiger partial charge in [0.2, 0.25) is 5.95 Å². The van der Waals surface area contributed by atoms with Crippen LogP contribution in [0.5, 0.6) is 0 Å². The number of pyridine rings is 1. The Hall–Kier alpha value is -3.78. The predicted molar refractivity (Wildman–Crippen MR) is 135 cm³/mol. The Kier molecular flexibility index (Phi) is 7.42. The number of H-pyrrole nitrogens is 1. The molecule has 2 amide bonds. The average Bonchev–Trinajstić information content (AvgIpc) is 3.54. The minimum atomic E-state index is -4.55. The van der Waals surface area contributed by atoms with Crippen molar-refractivity contribution in [3.05, 3.63) is 58.5 Å². The van der Waals surface area contributed by atoms with Gasteiger partial charge in [-0.1, -0.05) is 0 Å². The van der Waals surface area contributed by atoms with E-state index in [1.54, 1.807) is 30.5 Å². The number of carbonyl (C=O) groups is 2. The number of halogens is 3. The number of nitrogens with one attached hydrogen (secondary N) is 3. The fraction of sp³-hybridized carbons (Fsp3) is 0.333. The zero-order valence-electron chi connectivity index (χ0n) is 20.0. The Balaban J connectivity index is 1.16. The number of aromatic nitrogens is 5. The third-order valence-corrected chi connectivity index (χ3v) is 7.01. The number of carbonyl (C=O) groups excluding carboxylic acids is 2. The molecule has 2 saturated heterocycles. The lowest BCUT2D eigenvalue weighted by molar-refractivity contribution is -0.141. The summed E-state index contributed by atoms with van der Waals surface area (Å²) in [7, 11) is 0. The average molecular weight is 545 g/mol. The molecule has 2 aliphatic rings. The summed E-state index contributed by atoms with van der Waals surface area (Å²) < 4.78 is 40.1. The van der Waals surface area contributed by atoms with Crippen LogP contribution < -0.4 is 15.5 Å². The molecule has 5 rings (SSSR count). The normalized spacial score (nSPS) is 17.9. The van der Waals surface area contributed by atoms with Crippen LogP contribution in [-0.4, -0.2) is 55.9 Å². The van der Waals surface area contributed by atoms with E-state index >= 15 is 0 Å². The number of alkyl halides is 3. The third kappa shape index (κ3) is 6.19. The van der Waals surface area contributed by atoms with Gasteiger partial charge in [-0.25, -0.2) is 15.0 Å². The molecule has 3 N–H and O–H groups in total. The zero-order valence-corrected chi connectivity index (χ0v) is 20.8.